The standard InChI is InChI=1S/C11H16N4O2/c1-8-6-11(14-7-10(8)15(16)17)13-5-4-12-9-2-3-9/h6-7,9,12H,2-5H2,1H3,(H,13,14). The van der Waals surface area contributed by atoms with Crippen LogP contribution < -0.4 is 10.6 Å². The van der Waals surface area contributed by atoms with Gasteiger partial charge in [-0.15, -0.1) is 0 Å². The average Bonchev–Trinajstić information content (AvgIpc) is 3.08. The lowest BCUT2D eigenvalue weighted by Gasteiger charge is -2.06. The van der Waals surface area contributed by atoms with Crippen LogP contribution in [0.3, 0.4) is 0 Å². The van der Waals surface area contributed by atoms with Crippen molar-refractivity contribution in [1.82, 2.24) is 10.3 Å². The number of nitrogens with zero attached hydrogens (tertiary/aromatic N) is 2. The Bertz CT molecular complexity index is 418. The number of pyridine rings is 1. The van der Waals surface area contributed by atoms with E-state index >= 15 is 0 Å². The molecular formula is C11H16N4O2. The normalized spacial score (nSPS) is 14.6. The van der Waals surface area contributed by atoms with Crippen molar-refractivity contribution < 1.29 is 4.92 Å². The molecular weight excluding hydrogens is 220 g/mol. The fraction of sp³-hybridized carbons (Fsp3) is 0.545. The van der Waals surface area contributed by atoms with Gasteiger partial charge < -0.3 is 10.6 Å². The van der Waals surface area contributed by atoms with Crippen molar-refractivity contribution in [2.45, 2.75) is 25.8 Å². The Kier molecular flexibility index (Phi) is 3.53. The molecule has 0 aliphatic heterocycles. The highest BCUT2D eigenvalue weighted by molar-refractivity contribution is 5.46. The lowest BCUT2D eigenvalue weighted by Crippen LogP contribution is -2.24. The molecule has 0 amide bonds. The lowest BCUT2D eigenvalue weighted by atomic mass is 10.2. The van der Waals surface area contributed by atoms with Crippen LogP contribution in [-0.4, -0.2) is 29.0 Å². The Balaban J connectivity index is 1.83. The zero-order chi connectivity index (χ0) is 12.3. The van der Waals surface area contributed by atoms with Crippen molar-refractivity contribution in [1.29, 1.82) is 0 Å². The summed E-state index contributed by atoms with van der Waals surface area (Å²) in [4.78, 5) is 14.2. The Morgan fingerprint density at radius 2 is 2.29 bits per heavy atom. The Hall–Kier alpha value is -1.69. The fourth-order valence-electron chi connectivity index (χ4n) is 1.59. The molecule has 0 bridgehead atoms. The van der Waals surface area contributed by atoms with Gasteiger partial charge in [0.05, 0.1) is 4.92 Å². The van der Waals surface area contributed by atoms with Gasteiger partial charge in [-0.25, -0.2) is 4.98 Å². The van der Waals surface area contributed by atoms with Gasteiger partial charge in [0.15, 0.2) is 0 Å². The molecule has 2 N–H and O–H groups in total. The van der Waals surface area contributed by atoms with Crippen LogP contribution in [0.15, 0.2) is 12.3 Å². The second-order valence-corrected chi connectivity index (χ2v) is 4.27. The quantitative estimate of drug-likeness (QED) is 0.444. The smallest absolute Gasteiger partial charge is 0.290 e. The molecule has 6 nitrogen and oxygen atoms in total. The maximum Gasteiger partial charge on any atom is 0.290 e. The monoisotopic (exact) mass is 236 g/mol. The number of anilines is 1. The summed E-state index contributed by atoms with van der Waals surface area (Å²) in [6.45, 7) is 3.39. The lowest BCUT2D eigenvalue weighted by molar-refractivity contribution is -0.385. The van der Waals surface area contributed by atoms with E-state index in [9.17, 15) is 10.1 Å². The topological polar surface area (TPSA) is 80.1 Å². The molecule has 1 heterocycles. The summed E-state index contributed by atoms with van der Waals surface area (Å²) >= 11 is 0. The zero-order valence-electron chi connectivity index (χ0n) is 9.77. The van der Waals surface area contributed by atoms with Gasteiger partial charge in [0, 0.05) is 24.7 Å². The molecule has 6 heteroatoms. The van der Waals surface area contributed by atoms with E-state index in [1.54, 1.807) is 13.0 Å². The second-order valence-electron chi connectivity index (χ2n) is 4.27. The van der Waals surface area contributed by atoms with Crippen molar-refractivity contribution in [2.75, 3.05) is 18.4 Å². The first kappa shape index (κ1) is 11.8. The molecule has 1 aliphatic rings. The van der Waals surface area contributed by atoms with Crippen molar-refractivity contribution in [3.05, 3.63) is 27.9 Å². The van der Waals surface area contributed by atoms with E-state index < -0.39 is 4.92 Å². The molecule has 17 heavy (non-hydrogen) atoms. The molecule has 0 atom stereocenters. The predicted octanol–water partition coefficient (Wildman–Crippen LogP) is 1.46. The number of nitrogens with one attached hydrogen (secondary N) is 2. The van der Waals surface area contributed by atoms with E-state index in [1.165, 1.54) is 19.0 Å². The molecule has 1 fully saturated rings. The first-order valence-electron chi connectivity index (χ1n) is 5.75. The van der Waals surface area contributed by atoms with Crippen LogP contribution in [0.2, 0.25) is 0 Å². The third kappa shape index (κ3) is 3.39. The van der Waals surface area contributed by atoms with Crippen molar-refractivity contribution >= 4 is 11.5 Å². The van der Waals surface area contributed by atoms with Crippen LogP contribution in [0.4, 0.5) is 11.5 Å². The summed E-state index contributed by atoms with van der Waals surface area (Å²) in [6.07, 6.45) is 3.84. The van der Waals surface area contributed by atoms with E-state index in [1.807, 2.05) is 0 Å². The van der Waals surface area contributed by atoms with Gasteiger partial charge >= 0.3 is 0 Å². The minimum atomic E-state index is -0.416. The molecule has 0 saturated heterocycles. The minimum Gasteiger partial charge on any atom is -0.369 e. The van der Waals surface area contributed by atoms with Crippen LogP contribution in [0, 0.1) is 17.0 Å². The molecule has 1 aromatic heterocycles. The first-order valence-corrected chi connectivity index (χ1v) is 5.75. The number of rotatable bonds is 6. The summed E-state index contributed by atoms with van der Waals surface area (Å²) in [6, 6.07) is 2.40. The third-order valence-electron chi connectivity index (χ3n) is 2.72. The van der Waals surface area contributed by atoms with Crippen LogP contribution in [0.5, 0.6) is 0 Å². The van der Waals surface area contributed by atoms with Crippen LogP contribution >= 0.6 is 0 Å². The summed E-state index contributed by atoms with van der Waals surface area (Å²) in [7, 11) is 0. The average molecular weight is 236 g/mol. The second kappa shape index (κ2) is 5.09. The van der Waals surface area contributed by atoms with Gasteiger partial charge in [0.1, 0.15) is 12.0 Å². The molecule has 1 aromatic rings. The number of aryl methyl sites for hydroxylation is 1. The number of hydrogen-bond donors (Lipinski definition) is 2. The summed E-state index contributed by atoms with van der Waals surface area (Å²) in [5, 5.41) is 17.1. The fourth-order valence-corrected chi connectivity index (χ4v) is 1.59. The van der Waals surface area contributed by atoms with Gasteiger partial charge in [-0.3, -0.25) is 10.1 Å². The molecule has 1 saturated carbocycles. The van der Waals surface area contributed by atoms with E-state index in [4.69, 9.17) is 0 Å². The highest BCUT2D eigenvalue weighted by atomic mass is 16.6. The van der Waals surface area contributed by atoms with Crippen molar-refractivity contribution in [2.24, 2.45) is 0 Å². The summed E-state index contributed by atoms with van der Waals surface area (Å²) in [5.41, 5.74) is 0.689. The maximum atomic E-state index is 10.6. The Labute approximate surface area is 99.6 Å². The van der Waals surface area contributed by atoms with Crippen LogP contribution in [-0.2, 0) is 0 Å². The van der Waals surface area contributed by atoms with Gasteiger partial charge in [0.25, 0.3) is 5.69 Å². The SMILES string of the molecule is Cc1cc(NCCNC2CC2)ncc1[N+](=O)[O-]. The number of nitro groups is 1. The molecule has 2 rings (SSSR count). The van der Waals surface area contributed by atoms with Crippen molar-refractivity contribution in [3.63, 3.8) is 0 Å². The minimum absolute atomic E-state index is 0.0617. The van der Waals surface area contributed by atoms with Crippen LogP contribution in [0.25, 0.3) is 0 Å². The van der Waals surface area contributed by atoms with E-state index in [2.05, 4.69) is 15.6 Å². The van der Waals surface area contributed by atoms with Gasteiger partial charge in [-0.2, -0.15) is 0 Å². The molecule has 0 unspecified atom stereocenters. The highest BCUT2D eigenvalue weighted by Gasteiger charge is 2.19. The first-order chi connectivity index (χ1) is 8.16. The molecule has 0 spiro atoms. The highest BCUT2D eigenvalue weighted by Crippen LogP contribution is 2.19. The van der Waals surface area contributed by atoms with Gasteiger partial charge in [-0.1, -0.05) is 0 Å². The van der Waals surface area contributed by atoms with Crippen molar-refractivity contribution in [3.8, 4) is 0 Å². The summed E-state index contributed by atoms with van der Waals surface area (Å²) in [5.74, 6) is 0.686. The molecule has 1 aliphatic carbocycles. The summed E-state index contributed by atoms with van der Waals surface area (Å²) < 4.78 is 0. The maximum absolute atomic E-state index is 10.6. The van der Waals surface area contributed by atoms with E-state index in [0.29, 0.717) is 17.4 Å². The molecule has 92 valence electrons. The molecule has 0 aromatic carbocycles. The third-order valence-corrected chi connectivity index (χ3v) is 2.72. The Morgan fingerprint density at radius 3 is 2.88 bits per heavy atom. The van der Waals surface area contributed by atoms with Gasteiger partial charge in [-0.05, 0) is 25.8 Å². The van der Waals surface area contributed by atoms with Gasteiger partial charge in [0.2, 0.25) is 0 Å². The number of aromatic nitrogens is 1. The zero-order valence-corrected chi connectivity index (χ0v) is 9.77. The van der Waals surface area contributed by atoms with E-state index in [0.717, 1.165) is 13.1 Å². The predicted molar refractivity (Wildman–Crippen MR) is 65.1 cm³/mol. The number of hydrogen-bond acceptors (Lipinski definition) is 5. The molecule has 0 radical (unpaired) electrons. The van der Waals surface area contributed by atoms with E-state index in [-0.39, 0.29) is 5.69 Å². The Morgan fingerprint density at radius 1 is 1.53 bits per heavy atom. The largest absolute Gasteiger partial charge is 0.369 e. The van der Waals surface area contributed by atoms with Crippen LogP contribution in [0.1, 0.15) is 18.4 Å².